The number of benzene rings is 2. The van der Waals surface area contributed by atoms with E-state index in [4.69, 9.17) is 14.2 Å². The summed E-state index contributed by atoms with van der Waals surface area (Å²) in [7, 11) is 6.47. The van der Waals surface area contributed by atoms with E-state index in [1.165, 1.54) is 6.07 Å². The Hall–Kier alpha value is -2.23. The maximum Gasteiger partial charge on any atom is 0.203 e. The number of hydrogen-bond acceptors (Lipinski definition) is 4. The highest BCUT2D eigenvalue weighted by Gasteiger charge is 2.13. The van der Waals surface area contributed by atoms with Crippen molar-refractivity contribution < 1.29 is 18.6 Å². The molecule has 0 amide bonds. The molecule has 0 radical (unpaired) electrons. The Morgan fingerprint density at radius 3 is 2.17 bits per heavy atom. The number of hydrogen-bond donors (Lipinski definition) is 2. The summed E-state index contributed by atoms with van der Waals surface area (Å²) in [6, 6.07) is 8.64. The first kappa shape index (κ1) is 24.8. The van der Waals surface area contributed by atoms with Crippen LogP contribution in [-0.2, 0) is 13.0 Å². The molecule has 0 aliphatic rings. The molecule has 0 spiro atoms. The molecule has 0 aliphatic carbocycles. The van der Waals surface area contributed by atoms with Crippen molar-refractivity contribution >= 4 is 29.9 Å². The van der Waals surface area contributed by atoms with Crippen LogP contribution in [0, 0.1) is 12.7 Å². The third-order valence-electron chi connectivity index (χ3n) is 4.40. The first-order valence-corrected chi connectivity index (χ1v) is 9.00. The van der Waals surface area contributed by atoms with E-state index in [9.17, 15) is 4.39 Å². The summed E-state index contributed by atoms with van der Waals surface area (Å²) < 4.78 is 29.3. The van der Waals surface area contributed by atoms with Crippen LogP contribution in [0.4, 0.5) is 4.39 Å². The third kappa shape index (κ3) is 6.95. The Kier molecular flexibility index (Phi) is 10.6. The number of nitrogens with one attached hydrogen (secondary N) is 2. The summed E-state index contributed by atoms with van der Waals surface area (Å²) in [5.74, 6) is 2.23. The molecule has 0 saturated carbocycles. The second-order valence-corrected chi connectivity index (χ2v) is 6.21. The molecule has 0 unspecified atom stereocenters. The first-order valence-electron chi connectivity index (χ1n) is 9.00. The highest BCUT2D eigenvalue weighted by atomic mass is 127. The Morgan fingerprint density at radius 2 is 1.66 bits per heavy atom. The lowest BCUT2D eigenvalue weighted by molar-refractivity contribution is 0.323. The van der Waals surface area contributed by atoms with Gasteiger partial charge in [-0.1, -0.05) is 6.07 Å². The minimum absolute atomic E-state index is 0. The van der Waals surface area contributed by atoms with E-state index in [1.54, 1.807) is 34.4 Å². The predicted octanol–water partition coefficient (Wildman–Crippen LogP) is 3.69. The zero-order valence-corrected chi connectivity index (χ0v) is 19.8. The second-order valence-electron chi connectivity index (χ2n) is 6.21. The van der Waals surface area contributed by atoms with Gasteiger partial charge in [-0.25, -0.2) is 4.39 Å². The zero-order valence-electron chi connectivity index (χ0n) is 17.5. The van der Waals surface area contributed by atoms with Crippen LogP contribution in [0.25, 0.3) is 0 Å². The molecule has 2 rings (SSSR count). The lowest BCUT2D eigenvalue weighted by Gasteiger charge is -2.16. The number of methoxy groups -OCH3 is 3. The lowest BCUT2D eigenvalue weighted by Crippen LogP contribution is -2.37. The van der Waals surface area contributed by atoms with E-state index in [1.807, 2.05) is 25.1 Å². The van der Waals surface area contributed by atoms with Gasteiger partial charge in [0.2, 0.25) is 5.75 Å². The van der Waals surface area contributed by atoms with Crippen LogP contribution in [-0.4, -0.2) is 40.9 Å². The SMILES string of the molecule is CN=C(NCCc1ccc(F)cc1C)NCc1cc(OC)c(OC)c(OC)c1.I. The molecule has 2 aromatic rings. The van der Waals surface area contributed by atoms with Crippen LogP contribution in [0.15, 0.2) is 35.3 Å². The number of guanidine groups is 1. The Bertz CT molecular complexity index is 806. The average molecular weight is 517 g/mol. The highest BCUT2D eigenvalue weighted by molar-refractivity contribution is 14.0. The zero-order chi connectivity index (χ0) is 20.5. The van der Waals surface area contributed by atoms with Gasteiger partial charge in [0.15, 0.2) is 17.5 Å². The summed E-state index contributed by atoms with van der Waals surface area (Å²) in [5.41, 5.74) is 3.02. The largest absolute Gasteiger partial charge is 0.493 e. The van der Waals surface area contributed by atoms with Crippen LogP contribution in [0.1, 0.15) is 16.7 Å². The van der Waals surface area contributed by atoms with Crippen LogP contribution in [0.2, 0.25) is 0 Å². The van der Waals surface area contributed by atoms with E-state index in [0.29, 0.717) is 36.3 Å². The van der Waals surface area contributed by atoms with E-state index >= 15 is 0 Å². The number of aliphatic imine (C=N–C) groups is 1. The van der Waals surface area contributed by atoms with Crippen LogP contribution < -0.4 is 24.8 Å². The number of nitrogens with zero attached hydrogens (tertiary/aromatic N) is 1. The smallest absolute Gasteiger partial charge is 0.203 e. The number of rotatable bonds is 8. The summed E-state index contributed by atoms with van der Waals surface area (Å²) >= 11 is 0. The fraction of sp³-hybridized carbons (Fsp3) is 0.381. The average Bonchev–Trinajstić information content (AvgIpc) is 2.70. The van der Waals surface area contributed by atoms with Gasteiger partial charge in [-0.2, -0.15) is 0 Å². The Labute approximate surface area is 188 Å². The summed E-state index contributed by atoms with van der Waals surface area (Å²) in [5, 5.41) is 6.53. The molecular formula is C21H29FIN3O3. The first-order chi connectivity index (χ1) is 13.5. The van der Waals surface area contributed by atoms with Crippen molar-refractivity contribution in [2.24, 2.45) is 4.99 Å². The summed E-state index contributed by atoms with van der Waals surface area (Å²) in [4.78, 5) is 4.24. The second kappa shape index (κ2) is 12.4. The third-order valence-corrected chi connectivity index (χ3v) is 4.40. The molecule has 6 nitrogen and oxygen atoms in total. The summed E-state index contributed by atoms with van der Waals surface area (Å²) in [6.07, 6.45) is 0.775. The number of ether oxygens (including phenoxy) is 3. The molecule has 0 saturated heterocycles. The van der Waals surface area contributed by atoms with Crippen molar-refractivity contribution in [3.63, 3.8) is 0 Å². The minimum Gasteiger partial charge on any atom is -0.493 e. The van der Waals surface area contributed by atoms with Gasteiger partial charge in [-0.15, -0.1) is 24.0 Å². The molecule has 0 aliphatic heterocycles. The van der Waals surface area contributed by atoms with Gasteiger partial charge in [0, 0.05) is 20.1 Å². The normalized spacial score (nSPS) is 10.8. The topological polar surface area (TPSA) is 64.1 Å². The molecule has 0 atom stereocenters. The van der Waals surface area contributed by atoms with Crippen molar-refractivity contribution in [1.29, 1.82) is 0 Å². The molecule has 2 aromatic carbocycles. The lowest BCUT2D eigenvalue weighted by atomic mass is 10.1. The van der Waals surface area contributed by atoms with E-state index in [2.05, 4.69) is 15.6 Å². The van der Waals surface area contributed by atoms with Gasteiger partial charge in [0.25, 0.3) is 0 Å². The monoisotopic (exact) mass is 517 g/mol. The standard InChI is InChI=1S/C21H28FN3O3.HI/c1-14-10-17(22)7-6-16(14)8-9-24-21(23-2)25-13-15-11-18(26-3)20(28-5)19(12-15)27-4;/h6-7,10-12H,8-9,13H2,1-5H3,(H2,23,24,25);1H. The highest BCUT2D eigenvalue weighted by Crippen LogP contribution is 2.38. The number of halogens is 2. The van der Waals surface area contributed by atoms with Crippen LogP contribution in [0.5, 0.6) is 17.2 Å². The number of aryl methyl sites for hydroxylation is 1. The van der Waals surface area contributed by atoms with Crippen molar-refractivity contribution in [2.75, 3.05) is 34.9 Å². The molecule has 0 fully saturated rings. The quantitative estimate of drug-likeness (QED) is 0.318. The van der Waals surface area contributed by atoms with E-state index in [0.717, 1.165) is 23.1 Å². The predicted molar refractivity (Wildman–Crippen MR) is 125 cm³/mol. The molecule has 29 heavy (non-hydrogen) atoms. The van der Waals surface area contributed by atoms with Gasteiger partial charge in [-0.3, -0.25) is 4.99 Å². The van der Waals surface area contributed by atoms with Gasteiger partial charge in [0.1, 0.15) is 5.82 Å². The molecule has 0 aromatic heterocycles. The van der Waals surface area contributed by atoms with Gasteiger partial charge < -0.3 is 24.8 Å². The van der Waals surface area contributed by atoms with Crippen molar-refractivity contribution in [3.8, 4) is 17.2 Å². The van der Waals surface area contributed by atoms with E-state index < -0.39 is 0 Å². The Morgan fingerprint density at radius 1 is 1.00 bits per heavy atom. The van der Waals surface area contributed by atoms with Gasteiger partial charge in [-0.05, 0) is 54.3 Å². The molecule has 0 heterocycles. The van der Waals surface area contributed by atoms with Gasteiger partial charge in [0.05, 0.1) is 21.3 Å². The maximum atomic E-state index is 13.2. The van der Waals surface area contributed by atoms with E-state index in [-0.39, 0.29) is 29.8 Å². The van der Waals surface area contributed by atoms with Crippen molar-refractivity contribution in [2.45, 2.75) is 19.9 Å². The molecule has 2 N–H and O–H groups in total. The van der Waals surface area contributed by atoms with Crippen molar-refractivity contribution in [3.05, 3.63) is 52.8 Å². The maximum absolute atomic E-state index is 13.2. The fourth-order valence-corrected chi connectivity index (χ4v) is 2.90. The van der Waals surface area contributed by atoms with Gasteiger partial charge >= 0.3 is 0 Å². The molecular weight excluding hydrogens is 488 g/mol. The summed E-state index contributed by atoms with van der Waals surface area (Å²) in [6.45, 7) is 3.13. The molecule has 8 heteroatoms. The molecule has 160 valence electrons. The Balaban J connectivity index is 0.00000420. The fourth-order valence-electron chi connectivity index (χ4n) is 2.90. The minimum atomic E-state index is -0.211. The van der Waals surface area contributed by atoms with Crippen LogP contribution >= 0.6 is 24.0 Å². The molecule has 0 bridgehead atoms. The van der Waals surface area contributed by atoms with Crippen molar-refractivity contribution in [1.82, 2.24) is 10.6 Å². The van der Waals surface area contributed by atoms with Crippen LogP contribution in [0.3, 0.4) is 0 Å².